The van der Waals surface area contributed by atoms with Crippen LogP contribution in [0.4, 0.5) is 0 Å². The highest BCUT2D eigenvalue weighted by atomic mass is 16.1. The van der Waals surface area contributed by atoms with E-state index in [1.165, 1.54) is 6.42 Å². The van der Waals surface area contributed by atoms with E-state index in [0.29, 0.717) is 12.0 Å². The van der Waals surface area contributed by atoms with Crippen LogP contribution in [0.3, 0.4) is 0 Å². The van der Waals surface area contributed by atoms with Crippen molar-refractivity contribution in [3.8, 4) is 0 Å². The number of hydrogen-bond donors (Lipinski definition) is 2. The van der Waals surface area contributed by atoms with Crippen molar-refractivity contribution in [2.45, 2.75) is 52.0 Å². The lowest BCUT2D eigenvalue weighted by atomic mass is 10.0. The van der Waals surface area contributed by atoms with Gasteiger partial charge in [-0.15, -0.1) is 0 Å². The summed E-state index contributed by atoms with van der Waals surface area (Å²) in [4.78, 5) is 11.6. The molecule has 0 radical (unpaired) electrons. The summed E-state index contributed by atoms with van der Waals surface area (Å²) >= 11 is 0. The molecule has 15 heavy (non-hydrogen) atoms. The largest absolute Gasteiger partial charge is 0.356 e. The molecule has 3 unspecified atom stereocenters. The second-order valence-electron chi connectivity index (χ2n) is 4.87. The van der Waals surface area contributed by atoms with Gasteiger partial charge in [0.1, 0.15) is 0 Å². The van der Waals surface area contributed by atoms with Crippen molar-refractivity contribution in [2.75, 3.05) is 6.54 Å². The Kier molecular flexibility index (Phi) is 5.09. The molecule has 0 saturated heterocycles. The van der Waals surface area contributed by atoms with Crippen LogP contribution < -0.4 is 11.1 Å². The molecule has 1 aliphatic carbocycles. The van der Waals surface area contributed by atoms with E-state index in [-0.39, 0.29) is 11.8 Å². The molecule has 1 fully saturated rings. The van der Waals surface area contributed by atoms with Crippen LogP contribution in [0.1, 0.15) is 46.0 Å². The summed E-state index contributed by atoms with van der Waals surface area (Å²) in [6, 6.07) is 0.361. The fraction of sp³-hybridized carbons (Fsp3) is 0.917. The molecule has 0 aromatic rings. The number of carbonyl (C=O) groups excluding carboxylic acids is 1. The molecule has 3 atom stereocenters. The van der Waals surface area contributed by atoms with Crippen molar-refractivity contribution in [1.82, 2.24) is 5.32 Å². The van der Waals surface area contributed by atoms with E-state index < -0.39 is 0 Å². The quantitative estimate of drug-likeness (QED) is 0.728. The first-order chi connectivity index (χ1) is 7.13. The predicted molar refractivity (Wildman–Crippen MR) is 62.4 cm³/mol. The summed E-state index contributed by atoms with van der Waals surface area (Å²) < 4.78 is 0. The zero-order valence-electron chi connectivity index (χ0n) is 9.96. The Balaban J connectivity index is 2.16. The number of carbonyl (C=O) groups is 1. The summed E-state index contributed by atoms with van der Waals surface area (Å²) in [6.07, 6.45) is 5.41. The van der Waals surface area contributed by atoms with Crippen LogP contribution in [0.15, 0.2) is 0 Å². The second kappa shape index (κ2) is 6.11. The van der Waals surface area contributed by atoms with Gasteiger partial charge in [0.25, 0.3) is 0 Å². The van der Waals surface area contributed by atoms with Crippen LogP contribution in [0, 0.1) is 11.8 Å². The molecule has 0 aromatic heterocycles. The average Bonchev–Trinajstić information content (AvgIpc) is 2.61. The zero-order valence-corrected chi connectivity index (χ0v) is 9.96. The molecule has 88 valence electrons. The van der Waals surface area contributed by atoms with E-state index in [0.717, 1.165) is 32.2 Å². The molecule has 0 bridgehead atoms. The van der Waals surface area contributed by atoms with E-state index in [1.807, 2.05) is 6.92 Å². The topological polar surface area (TPSA) is 55.1 Å². The number of nitrogens with two attached hydrogens (primary N) is 1. The molecule has 3 heteroatoms. The summed E-state index contributed by atoms with van der Waals surface area (Å²) in [5.41, 5.74) is 5.83. The van der Waals surface area contributed by atoms with Crippen LogP contribution in [0.25, 0.3) is 0 Å². The van der Waals surface area contributed by atoms with E-state index in [2.05, 4.69) is 12.2 Å². The Labute approximate surface area is 92.8 Å². The third kappa shape index (κ3) is 4.20. The normalized spacial score (nSPS) is 27.7. The van der Waals surface area contributed by atoms with Crippen LogP contribution >= 0.6 is 0 Å². The number of hydrogen-bond acceptors (Lipinski definition) is 2. The Bertz CT molecular complexity index is 206. The van der Waals surface area contributed by atoms with Crippen molar-refractivity contribution in [2.24, 2.45) is 17.6 Å². The van der Waals surface area contributed by atoms with Gasteiger partial charge in [-0.05, 0) is 31.6 Å². The number of rotatable bonds is 5. The van der Waals surface area contributed by atoms with Gasteiger partial charge in [-0.2, -0.15) is 0 Å². The Morgan fingerprint density at radius 1 is 1.53 bits per heavy atom. The first-order valence-corrected chi connectivity index (χ1v) is 6.16. The maximum absolute atomic E-state index is 11.6. The first kappa shape index (κ1) is 12.5. The van der Waals surface area contributed by atoms with Gasteiger partial charge in [-0.25, -0.2) is 0 Å². The lowest BCUT2D eigenvalue weighted by molar-refractivity contribution is -0.124. The number of nitrogens with one attached hydrogen (secondary N) is 1. The van der Waals surface area contributed by atoms with Crippen LogP contribution in [0.5, 0.6) is 0 Å². The van der Waals surface area contributed by atoms with Crippen molar-refractivity contribution in [3.05, 3.63) is 0 Å². The van der Waals surface area contributed by atoms with E-state index in [4.69, 9.17) is 5.73 Å². The van der Waals surface area contributed by atoms with Gasteiger partial charge >= 0.3 is 0 Å². The molecule has 0 aromatic carbocycles. The lowest BCUT2D eigenvalue weighted by Gasteiger charge is -2.14. The van der Waals surface area contributed by atoms with Crippen LogP contribution in [0.2, 0.25) is 0 Å². The summed E-state index contributed by atoms with van der Waals surface area (Å²) in [7, 11) is 0. The lowest BCUT2D eigenvalue weighted by Crippen LogP contribution is -2.33. The van der Waals surface area contributed by atoms with Crippen molar-refractivity contribution in [1.29, 1.82) is 0 Å². The molecule has 1 amide bonds. The van der Waals surface area contributed by atoms with Crippen molar-refractivity contribution in [3.63, 3.8) is 0 Å². The molecule has 0 spiro atoms. The molecule has 1 saturated carbocycles. The molecule has 1 aliphatic rings. The van der Waals surface area contributed by atoms with Gasteiger partial charge in [-0.3, -0.25) is 4.79 Å². The highest BCUT2D eigenvalue weighted by Gasteiger charge is 2.22. The van der Waals surface area contributed by atoms with E-state index in [9.17, 15) is 4.79 Å². The van der Waals surface area contributed by atoms with Gasteiger partial charge in [0, 0.05) is 18.5 Å². The van der Waals surface area contributed by atoms with Gasteiger partial charge < -0.3 is 11.1 Å². The SMILES string of the molecule is CCCC(C)C(=O)NCC1CCC(N)C1. The van der Waals surface area contributed by atoms with E-state index in [1.54, 1.807) is 0 Å². The van der Waals surface area contributed by atoms with Crippen LogP contribution in [-0.4, -0.2) is 18.5 Å². The highest BCUT2D eigenvalue weighted by molar-refractivity contribution is 5.78. The van der Waals surface area contributed by atoms with Gasteiger partial charge in [-0.1, -0.05) is 20.3 Å². The highest BCUT2D eigenvalue weighted by Crippen LogP contribution is 2.23. The Morgan fingerprint density at radius 3 is 2.80 bits per heavy atom. The Hall–Kier alpha value is -0.570. The third-order valence-electron chi connectivity index (χ3n) is 3.32. The molecule has 0 heterocycles. The minimum atomic E-state index is 0.157. The molecule has 3 nitrogen and oxygen atoms in total. The third-order valence-corrected chi connectivity index (χ3v) is 3.32. The smallest absolute Gasteiger partial charge is 0.222 e. The van der Waals surface area contributed by atoms with Gasteiger partial charge in [0.05, 0.1) is 0 Å². The molecular formula is C12H24N2O. The number of amides is 1. The minimum absolute atomic E-state index is 0.157. The van der Waals surface area contributed by atoms with Gasteiger partial charge in [0.15, 0.2) is 0 Å². The average molecular weight is 212 g/mol. The van der Waals surface area contributed by atoms with Crippen molar-refractivity contribution < 1.29 is 4.79 Å². The first-order valence-electron chi connectivity index (χ1n) is 6.16. The summed E-state index contributed by atoms with van der Waals surface area (Å²) in [5, 5.41) is 3.04. The molecule has 3 N–H and O–H groups in total. The maximum atomic E-state index is 11.6. The molecule has 0 aliphatic heterocycles. The van der Waals surface area contributed by atoms with Crippen LogP contribution in [-0.2, 0) is 4.79 Å². The van der Waals surface area contributed by atoms with Crippen molar-refractivity contribution >= 4 is 5.91 Å². The fourth-order valence-electron chi connectivity index (χ4n) is 2.28. The monoisotopic (exact) mass is 212 g/mol. The summed E-state index contributed by atoms with van der Waals surface area (Å²) in [6.45, 7) is 4.93. The Morgan fingerprint density at radius 2 is 2.27 bits per heavy atom. The van der Waals surface area contributed by atoms with Gasteiger partial charge in [0.2, 0.25) is 5.91 Å². The minimum Gasteiger partial charge on any atom is -0.356 e. The zero-order chi connectivity index (χ0) is 11.3. The van der Waals surface area contributed by atoms with E-state index >= 15 is 0 Å². The molecular weight excluding hydrogens is 188 g/mol. The predicted octanol–water partition coefficient (Wildman–Crippen LogP) is 1.67. The summed E-state index contributed by atoms with van der Waals surface area (Å²) in [5.74, 6) is 0.972. The maximum Gasteiger partial charge on any atom is 0.222 e. The standard InChI is InChI=1S/C12H24N2O/c1-3-4-9(2)12(15)14-8-10-5-6-11(13)7-10/h9-11H,3-8,13H2,1-2H3,(H,14,15). The molecule has 1 rings (SSSR count). The fourth-order valence-corrected chi connectivity index (χ4v) is 2.28. The second-order valence-corrected chi connectivity index (χ2v) is 4.87.